The van der Waals surface area contributed by atoms with Crippen LogP contribution in [0.4, 0.5) is 5.69 Å². The first kappa shape index (κ1) is 36.0. The fraction of sp³-hybridized carbons (Fsp3) is 0.278. The normalized spacial score (nSPS) is 11.8. The lowest BCUT2D eigenvalue weighted by Crippen LogP contribution is -2.53. The SMILES string of the molecule is CCCNC(=O)C(Cc1ccccc1)N(Cc1cccc(Br)c1)C(=O)CN(c1ccc(OCC)cc1)S(=O)(=O)c1ccc(SC)cc1. The molecule has 47 heavy (non-hydrogen) atoms. The second-order valence-corrected chi connectivity index (χ2v) is 14.4. The first-order valence-electron chi connectivity index (χ1n) is 15.4. The largest absolute Gasteiger partial charge is 0.494 e. The maximum Gasteiger partial charge on any atom is 0.264 e. The van der Waals surface area contributed by atoms with E-state index >= 15 is 0 Å². The van der Waals surface area contributed by atoms with Gasteiger partial charge in [-0.05, 0) is 91.4 Å². The summed E-state index contributed by atoms with van der Waals surface area (Å²) in [6, 6.07) is 29.3. The summed E-state index contributed by atoms with van der Waals surface area (Å²) in [6.07, 6.45) is 2.89. The molecule has 4 aromatic rings. The van der Waals surface area contributed by atoms with Crippen molar-refractivity contribution in [3.63, 3.8) is 0 Å². The van der Waals surface area contributed by atoms with E-state index in [4.69, 9.17) is 4.74 Å². The molecule has 0 aliphatic heterocycles. The molecule has 4 rings (SSSR count). The van der Waals surface area contributed by atoms with Crippen LogP contribution in [0.1, 0.15) is 31.4 Å². The number of carbonyl (C=O) groups excluding carboxylic acids is 2. The standard InChI is InChI=1S/C36H40BrN3O5S2/c1-4-22-38-36(42)34(24-27-10-7-6-8-11-27)39(25-28-12-9-13-29(37)23-28)35(41)26-40(30-14-16-31(17-15-30)45-5-2)47(43,44)33-20-18-32(46-3)19-21-33/h6-21,23,34H,4-5,22,24-26H2,1-3H3,(H,38,42). The maximum atomic E-state index is 14.6. The summed E-state index contributed by atoms with van der Waals surface area (Å²) >= 11 is 5.01. The molecule has 0 saturated heterocycles. The van der Waals surface area contributed by atoms with Gasteiger partial charge in [0.25, 0.3) is 10.0 Å². The summed E-state index contributed by atoms with van der Waals surface area (Å²) in [5.41, 5.74) is 1.96. The summed E-state index contributed by atoms with van der Waals surface area (Å²) < 4.78 is 36.1. The van der Waals surface area contributed by atoms with Crippen LogP contribution in [-0.4, -0.2) is 57.1 Å². The minimum Gasteiger partial charge on any atom is -0.494 e. The zero-order valence-electron chi connectivity index (χ0n) is 26.8. The van der Waals surface area contributed by atoms with E-state index in [1.807, 2.05) is 74.7 Å². The third kappa shape index (κ3) is 9.85. The molecule has 4 aromatic carbocycles. The second-order valence-electron chi connectivity index (χ2n) is 10.8. The predicted octanol–water partition coefficient (Wildman–Crippen LogP) is 6.93. The summed E-state index contributed by atoms with van der Waals surface area (Å²) in [5, 5.41) is 2.97. The van der Waals surface area contributed by atoms with Gasteiger partial charge in [0.1, 0.15) is 18.3 Å². The summed E-state index contributed by atoms with van der Waals surface area (Å²) in [7, 11) is -4.20. The van der Waals surface area contributed by atoms with E-state index in [0.717, 1.165) is 31.2 Å². The van der Waals surface area contributed by atoms with E-state index in [1.165, 1.54) is 16.7 Å². The van der Waals surface area contributed by atoms with Gasteiger partial charge in [0.2, 0.25) is 11.8 Å². The van der Waals surface area contributed by atoms with Gasteiger partial charge in [0.05, 0.1) is 17.2 Å². The van der Waals surface area contributed by atoms with Crippen molar-refractivity contribution in [1.82, 2.24) is 10.2 Å². The number of thioether (sulfide) groups is 1. The average Bonchev–Trinajstić information content (AvgIpc) is 3.08. The van der Waals surface area contributed by atoms with Gasteiger partial charge >= 0.3 is 0 Å². The van der Waals surface area contributed by atoms with E-state index in [-0.39, 0.29) is 23.8 Å². The molecule has 1 unspecified atom stereocenters. The quantitative estimate of drug-likeness (QED) is 0.125. The number of hydrogen-bond acceptors (Lipinski definition) is 6. The molecule has 0 heterocycles. The number of anilines is 1. The number of carbonyl (C=O) groups is 2. The number of benzene rings is 4. The molecular weight excluding hydrogens is 698 g/mol. The van der Waals surface area contributed by atoms with Gasteiger partial charge in [-0.3, -0.25) is 13.9 Å². The highest BCUT2D eigenvalue weighted by atomic mass is 79.9. The lowest BCUT2D eigenvalue weighted by atomic mass is 10.0. The number of hydrogen-bond donors (Lipinski definition) is 1. The van der Waals surface area contributed by atoms with Crippen molar-refractivity contribution in [2.75, 3.05) is 30.3 Å². The second kappa shape index (κ2) is 17.4. The van der Waals surface area contributed by atoms with Gasteiger partial charge in [-0.15, -0.1) is 11.8 Å². The van der Waals surface area contributed by atoms with Crippen LogP contribution >= 0.6 is 27.7 Å². The van der Waals surface area contributed by atoms with Crippen LogP contribution in [0.25, 0.3) is 0 Å². The minimum absolute atomic E-state index is 0.0528. The van der Waals surface area contributed by atoms with Gasteiger partial charge in [0, 0.05) is 28.9 Å². The average molecular weight is 739 g/mol. The highest BCUT2D eigenvalue weighted by Gasteiger charge is 2.34. The number of amides is 2. The van der Waals surface area contributed by atoms with Crippen molar-refractivity contribution in [1.29, 1.82) is 0 Å². The Hall–Kier alpha value is -3.80. The number of ether oxygens (including phenoxy) is 1. The molecule has 0 bridgehead atoms. The molecule has 8 nitrogen and oxygen atoms in total. The van der Waals surface area contributed by atoms with Crippen LogP contribution in [0.15, 0.2) is 117 Å². The molecule has 0 aliphatic rings. The minimum atomic E-state index is -4.20. The summed E-state index contributed by atoms with van der Waals surface area (Å²) in [6.45, 7) is 4.29. The first-order valence-corrected chi connectivity index (χ1v) is 18.9. The van der Waals surface area contributed by atoms with E-state index in [2.05, 4.69) is 21.2 Å². The first-order chi connectivity index (χ1) is 22.7. The van der Waals surface area contributed by atoms with Crippen molar-refractivity contribution in [2.45, 2.75) is 49.1 Å². The molecule has 0 aliphatic carbocycles. The molecule has 11 heteroatoms. The van der Waals surface area contributed by atoms with E-state index in [9.17, 15) is 18.0 Å². The van der Waals surface area contributed by atoms with Gasteiger partial charge < -0.3 is 15.0 Å². The molecule has 0 spiro atoms. The molecule has 248 valence electrons. The number of nitrogens with one attached hydrogen (secondary N) is 1. The molecule has 0 aromatic heterocycles. The third-order valence-electron chi connectivity index (χ3n) is 7.42. The van der Waals surface area contributed by atoms with Gasteiger partial charge in [-0.1, -0.05) is 65.3 Å². The topological polar surface area (TPSA) is 96.0 Å². The Balaban J connectivity index is 1.80. The van der Waals surface area contributed by atoms with Gasteiger partial charge in [-0.2, -0.15) is 0 Å². The van der Waals surface area contributed by atoms with Crippen LogP contribution in [0, 0.1) is 0 Å². The Labute approximate surface area is 290 Å². The van der Waals surface area contributed by atoms with Crippen LogP contribution in [0.5, 0.6) is 5.75 Å². The fourth-order valence-electron chi connectivity index (χ4n) is 5.03. The maximum absolute atomic E-state index is 14.6. The molecule has 1 atom stereocenters. The molecular formula is C36H40BrN3O5S2. The fourth-order valence-corrected chi connectivity index (χ4v) is 7.30. The lowest BCUT2D eigenvalue weighted by Gasteiger charge is -2.34. The molecule has 0 saturated carbocycles. The Morgan fingerprint density at radius 3 is 2.19 bits per heavy atom. The molecule has 1 N–H and O–H groups in total. The van der Waals surface area contributed by atoms with Crippen LogP contribution in [0.3, 0.4) is 0 Å². The monoisotopic (exact) mass is 737 g/mol. The van der Waals surface area contributed by atoms with Crippen molar-refractivity contribution < 1.29 is 22.7 Å². The molecule has 2 amide bonds. The molecule has 0 radical (unpaired) electrons. The number of halogens is 1. The Bertz CT molecular complexity index is 1720. The van der Waals surface area contributed by atoms with Crippen molar-refractivity contribution in [3.8, 4) is 5.75 Å². The third-order valence-corrected chi connectivity index (χ3v) is 10.4. The smallest absolute Gasteiger partial charge is 0.264 e. The Morgan fingerprint density at radius 1 is 0.894 bits per heavy atom. The van der Waals surface area contributed by atoms with E-state index in [1.54, 1.807) is 48.5 Å². The molecule has 0 fully saturated rings. The lowest BCUT2D eigenvalue weighted by molar-refractivity contribution is -0.140. The number of nitrogens with zero attached hydrogens (tertiary/aromatic N) is 2. The Kier molecular flexibility index (Phi) is 13.3. The number of sulfonamides is 1. The van der Waals surface area contributed by atoms with Crippen molar-refractivity contribution in [2.24, 2.45) is 0 Å². The van der Waals surface area contributed by atoms with Crippen LogP contribution < -0.4 is 14.4 Å². The summed E-state index contributed by atoms with van der Waals surface area (Å²) in [5.74, 6) is -0.242. The van der Waals surface area contributed by atoms with Gasteiger partial charge in [-0.25, -0.2) is 8.42 Å². The van der Waals surface area contributed by atoms with Crippen molar-refractivity contribution >= 4 is 55.2 Å². The van der Waals surface area contributed by atoms with Gasteiger partial charge in [0.15, 0.2) is 0 Å². The van der Waals surface area contributed by atoms with Crippen LogP contribution in [0.2, 0.25) is 0 Å². The highest BCUT2D eigenvalue weighted by Crippen LogP contribution is 2.28. The van der Waals surface area contributed by atoms with Crippen LogP contribution in [-0.2, 0) is 32.6 Å². The highest BCUT2D eigenvalue weighted by molar-refractivity contribution is 9.10. The number of rotatable bonds is 16. The Morgan fingerprint density at radius 2 is 1.57 bits per heavy atom. The summed E-state index contributed by atoms with van der Waals surface area (Å²) in [4.78, 5) is 30.8. The predicted molar refractivity (Wildman–Crippen MR) is 192 cm³/mol. The zero-order chi connectivity index (χ0) is 33.8. The van der Waals surface area contributed by atoms with E-state index in [0.29, 0.717) is 24.6 Å². The van der Waals surface area contributed by atoms with Crippen molar-refractivity contribution in [3.05, 3.63) is 119 Å². The van der Waals surface area contributed by atoms with E-state index < -0.39 is 28.5 Å². The zero-order valence-corrected chi connectivity index (χ0v) is 30.0.